The molecule has 4 heteroatoms. The van der Waals surface area contributed by atoms with Crippen LogP contribution in [0.25, 0.3) is 97.9 Å². The molecule has 0 aliphatic rings. The SMILES string of the molecule is c1ccc(N(c2ccccc2)c2cccc3c4cccc5c6c7c8c9ccccc9cc9c%10c%11ccccc%11ccc%10n(c7cnc6n(c23)c45)c98)cc1. The molecular formula is C49H28N4. The zero-order valence-electron chi connectivity index (χ0n) is 28.5. The second-order valence-electron chi connectivity index (χ2n) is 14.3. The molecule has 13 aromatic rings. The summed E-state index contributed by atoms with van der Waals surface area (Å²) in [6, 6.07) is 59.6. The number of hydrogen-bond donors (Lipinski definition) is 0. The third-order valence-electron chi connectivity index (χ3n) is 11.7. The van der Waals surface area contributed by atoms with Gasteiger partial charge in [0.2, 0.25) is 0 Å². The van der Waals surface area contributed by atoms with E-state index in [0.717, 1.165) is 33.7 Å². The summed E-state index contributed by atoms with van der Waals surface area (Å²) >= 11 is 0. The van der Waals surface area contributed by atoms with E-state index in [1.165, 1.54) is 81.2 Å². The first-order chi connectivity index (χ1) is 26.3. The Hall–Kier alpha value is -7.17. The maximum Gasteiger partial charge on any atom is 0.146 e. The first-order valence-electron chi connectivity index (χ1n) is 18.2. The normalized spacial score (nSPS) is 12.5. The highest BCUT2D eigenvalue weighted by molar-refractivity contribution is 6.40. The Bertz CT molecular complexity index is 3580. The summed E-state index contributed by atoms with van der Waals surface area (Å²) in [6.07, 6.45) is 2.13. The van der Waals surface area contributed by atoms with Gasteiger partial charge in [0.05, 0.1) is 39.5 Å². The van der Waals surface area contributed by atoms with Gasteiger partial charge in [-0.05, 0) is 64.0 Å². The van der Waals surface area contributed by atoms with Crippen LogP contribution in [0.4, 0.5) is 17.1 Å². The first kappa shape index (κ1) is 27.5. The van der Waals surface area contributed by atoms with E-state index >= 15 is 0 Å². The fourth-order valence-corrected chi connectivity index (χ4v) is 9.72. The number of nitrogens with zero attached hydrogens (tertiary/aromatic N) is 4. The van der Waals surface area contributed by atoms with E-state index in [-0.39, 0.29) is 0 Å². The van der Waals surface area contributed by atoms with Crippen LogP contribution in [0.5, 0.6) is 0 Å². The molecule has 0 aliphatic heterocycles. The maximum atomic E-state index is 5.46. The van der Waals surface area contributed by atoms with Crippen LogP contribution in [0, 0.1) is 0 Å². The predicted molar refractivity (Wildman–Crippen MR) is 223 cm³/mol. The number of fused-ring (bicyclic) bond motifs is 17. The molecule has 0 unspecified atom stereocenters. The Morgan fingerprint density at radius 1 is 0.377 bits per heavy atom. The molecule has 0 spiro atoms. The van der Waals surface area contributed by atoms with Crippen molar-refractivity contribution in [2.45, 2.75) is 0 Å². The van der Waals surface area contributed by atoms with Gasteiger partial charge >= 0.3 is 0 Å². The number of benzene rings is 8. The first-order valence-corrected chi connectivity index (χ1v) is 18.2. The fraction of sp³-hybridized carbons (Fsp3) is 0. The monoisotopic (exact) mass is 672 g/mol. The molecule has 0 atom stereocenters. The van der Waals surface area contributed by atoms with Gasteiger partial charge in [0.25, 0.3) is 0 Å². The van der Waals surface area contributed by atoms with Gasteiger partial charge in [0, 0.05) is 54.5 Å². The predicted octanol–water partition coefficient (Wildman–Crippen LogP) is 13.2. The van der Waals surface area contributed by atoms with Crippen LogP contribution in [0.2, 0.25) is 0 Å². The van der Waals surface area contributed by atoms with Crippen LogP contribution in [-0.2, 0) is 0 Å². The Labute approximate surface area is 302 Å². The largest absolute Gasteiger partial charge is 0.308 e. The molecule has 5 aromatic heterocycles. The lowest BCUT2D eigenvalue weighted by Gasteiger charge is -2.26. The number of aromatic nitrogens is 3. The van der Waals surface area contributed by atoms with Gasteiger partial charge in [-0.2, -0.15) is 0 Å². The molecule has 244 valence electrons. The number of pyridine rings is 1. The van der Waals surface area contributed by atoms with Crippen LogP contribution < -0.4 is 4.90 Å². The van der Waals surface area contributed by atoms with E-state index in [1.54, 1.807) is 0 Å². The molecule has 13 rings (SSSR count). The highest BCUT2D eigenvalue weighted by Crippen LogP contribution is 2.50. The molecule has 5 heterocycles. The summed E-state index contributed by atoms with van der Waals surface area (Å²) in [7, 11) is 0. The minimum Gasteiger partial charge on any atom is -0.308 e. The van der Waals surface area contributed by atoms with E-state index in [9.17, 15) is 0 Å². The molecule has 0 saturated carbocycles. The lowest BCUT2D eigenvalue weighted by Crippen LogP contribution is -2.10. The average Bonchev–Trinajstić information content (AvgIpc) is 3.95. The lowest BCUT2D eigenvalue weighted by molar-refractivity contribution is 1.24. The van der Waals surface area contributed by atoms with Gasteiger partial charge in [0.1, 0.15) is 5.65 Å². The van der Waals surface area contributed by atoms with Gasteiger partial charge in [-0.3, -0.25) is 4.40 Å². The van der Waals surface area contributed by atoms with E-state index < -0.39 is 0 Å². The number of anilines is 3. The Morgan fingerprint density at radius 3 is 1.77 bits per heavy atom. The zero-order valence-corrected chi connectivity index (χ0v) is 28.5. The third kappa shape index (κ3) is 3.34. The van der Waals surface area contributed by atoms with Crippen LogP contribution in [-0.4, -0.2) is 13.8 Å². The third-order valence-corrected chi connectivity index (χ3v) is 11.7. The molecular weight excluding hydrogens is 645 g/mol. The molecule has 0 aliphatic carbocycles. The molecule has 4 nitrogen and oxygen atoms in total. The molecule has 0 N–H and O–H groups in total. The molecule has 8 aromatic carbocycles. The summed E-state index contributed by atoms with van der Waals surface area (Å²) in [5.41, 5.74) is 10.3. The highest BCUT2D eigenvalue weighted by Gasteiger charge is 2.28. The Balaban J connectivity index is 1.26. The second-order valence-corrected chi connectivity index (χ2v) is 14.3. The average molecular weight is 673 g/mol. The van der Waals surface area contributed by atoms with Crippen molar-refractivity contribution in [2.24, 2.45) is 0 Å². The van der Waals surface area contributed by atoms with Crippen molar-refractivity contribution in [3.63, 3.8) is 0 Å². The summed E-state index contributed by atoms with van der Waals surface area (Å²) in [5, 5.41) is 15.1. The summed E-state index contributed by atoms with van der Waals surface area (Å²) in [5.74, 6) is 0. The van der Waals surface area contributed by atoms with E-state index in [2.05, 4.69) is 184 Å². The lowest BCUT2D eigenvalue weighted by atomic mass is 9.97. The molecule has 0 radical (unpaired) electrons. The van der Waals surface area contributed by atoms with Crippen molar-refractivity contribution in [1.82, 2.24) is 13.8 Å². The molecule has 0 fully saturated rings. The van der Waals surface area contributed by atoms with Gasteiger partial charge in [-0.15, -0.1) is 0 Å². The topological polar surface area (TPSA) is 24.9 Å². The van der Waals surface area contributed by atoms with E-state index in [0.29, 0.717) is 0 Å². The number of rotatable bonds is 3. The zero-order chi connectivity index (χ0) is 34.4. The van der Waals surface area contributed by atoms with Crippen molar-refractivity contribution in [2.75, 3.05) is 4.90 Å². The summed E-state index contributed by atoms with van der Waals surface area (Å²) in [4.78, 5) is 7.84. The minimum atomic E-state index is 0.986. The summed E-state index contributed by atoms with van der Waals surface area (Å²) in [6.45, 7) is 0. The van der Waals surface area contributed by atoms with Crippen LogP contribution in [0.15, 0.2) is 170 Å². The van der Waals surface area contributed by atoms with Crippen molar-refractivity contribution in [3.8, 4) is 0 Å². The van der Waals surface area contributed by atoms with Gasteiger partial charge in [-0.25, -0.2) is 4.98 Å². The van der Waals surface area contributed by atoms with Crippen molar-refractivity contribution in [3.05, 3.63) is 170 Å². The molecule has 53 heavy (non-hydrogen) atoms. The van der Waals surface area contributed by atoms with Crippen LogP contribution >= 0.6 is 0 Å². The maximum absolute atomic E-state index is 5.46. The van der Waals surface area contributed by atoms with Crippen molar-refractivity contribution < 1.29 is 0 Å². The quantitative estimate of drug-likeness (QED) is 0.187. The molecule has 0 amide bonds. The van der Waals surface area contributed by atoms with Gasteiger partial charge in [-0.1, -0.05) is 121 Å². The van der Waals surface area contributed by atoms with Crippen molar-refractivity contribution >= 4 is 115 Å². The molecule has 0 bridgehead atoms. The number of hydrogen-bond acceptors (Lipinski definition) is 2. The van der Waals surface area contributed by atoms with Crippen molar-refractivity contribution in [1.29, 1.82) is 0 Å². The van der Waals surface area contributed by atoms with Gasteiger partial charge < -0.3 is 9.30 Å². The van der Waals surface area contributed by atoms with Gasteiger partial charge in [0.15, 0.2) is 0 Å². The summed E-state index contributed by atoms with van der Waals surface area (Å²) < 4.78 is 4.94. The highest BCUT2D eigenvalue weighted by atomic mass is 15.2. The smallest absolute Gasteiger partial charge is 0.146 e. The fourth-order valence-electron chi connectivity index (χ4n) is 9.72. The standard InChI is InChI=1S/C49H28N4/c1-3-15-31(16-4-1)51(32-17-5-2-6-18-32)40-24-12-22-36-35-21-11-23-37-44-45-41(28-50-49(44)53(46(35)37)47(36)40)52-39-26-25-29-13-7-9-19-33(29)42(39)38-27-30-14-8-10-20-34(30)43(45)48(38)52/h1-28H. The molecule has 0 saturated heterocycles. The second kappa shape index (κ2) is 9.78. The van der Waals surface area contributed by atoms with Crippen LogP contribution in [0.1, 0.15) is 0 Å². The van der Waals surface area contributed by atoms with Crippen LogP contribution in [0.3, 0.4) is 0 Å². The van der Waals surface area contributed by atoms with E-state index in [1.807, 2.05) is 0 Å². The Kier molecular flexibility index (Phi) is 5.08. The minimum absolute atomic E-state index is 0.986. The number of para-hydroxylation sites is 4. The Morgan fingerprint density at radius 2 is 1.00 bits per heavy atom. The van der Waals surface area contributed by atoms with E-state index in [4.69, 9.17) is 4.98 Å².